The summed E-state index contributed by atoms with van der Waals surface area (Å²) in [4.78, 5) is 4.83. The van der Waals surface area contributed by atoms with Crippen molar-refractivity contribution in [2.75, 3.05) is 5.32 Å². The van der Waals surface area contributed by atoms with E-state index in [-0.39, 0.29) is 10.2 Å². The van der Waals surface area contributed by atoms with Crippen LogP contribution in [0.15, 0.2) is 51.9 Å². The number of nitrogens with zero attached hydrogens (tertiary/aromatic N) is 1. The molecule has 2 nitrogen and oxygen atoms in total. The van der Waals surface area contributed by atoms with Gasteiger partial charge in [0.2, 0.25) is 0 Å². The van der Waals surface area contributed by atoms with E-state index in [9.17, 15) is 0 Å². The molecule has 2 aromatic carbocycles. The van der Waals surface area contributed by atoms with Crippen molar-refractivity contribution in [1.29, 1.82) is 0 Å². The molecule has 2 aromatic rings. The van der Waals surface area contributed by atoms with Crippen LogP contribution in [0.25, 0.3) is 0 Å². The topological polar surface area (TPSA) is 24.4 Å². The van der Waals surface area contributed by atoms with E-state index in [1.165, 1.54) is 0 Å². The van der Waals surface area contributed by atoms with E-state index in [0.29, 0.717) is 0 Å². The molecule has 3 rings (SSSR count). The first-order chi connectivity index (χ1) is 9.47. The standard InChI is InChI=1S/C16H14BrClN2.FH/c1-16(2)12-4-3-5-13(18)14(12)19-15(20-16)10-6-8-11(17)9-7-10;/h3-9H,1-2H3,(H,19,20);1H. The lowest BCUT2D eigenvalue weighted by atomic mass is 9.91. The molecule has 1 aliphatic heterocycles. The fourth-order valence-corrected chi connectivity index (χ4v) is 2.88. The van der Waals surface area contributed by atoms with Gasteiger partial charge in [-0.1, -0.05) is 51.8 Å². The summed E-state index contributed by atoms with van der Waals surface area (Å²) in [5.41, 5.74) is 2.82. The highest BCUT2D eigenvalue weighted by Gasteiger charge is 2.29. The summed E-state index contributed by atoms with van der Waals surface area (Å²) in [6.45, 7) is 4.20. The number of rotatable bonds is 1. The summed E-state index contributed by atoms with van der Waals surface area (Å²) in [6.07, 6.45) is 0. The van der Waals surface area contributed by atoms with E-state index in [2.05, 4.69) is 41.2 Å². The van der Waals surface area contributed by atoms with Crippen LogP contribution in [0.3, 0.4) is 0 Å². The smallest absolute Gasteiger partial charge is 0.133 e. The van der Waals surface area contributed by atoms with Crippen LogP contribution in [-0.2, 0) is 5.54 Å². The Morgan fingerprint density at radius 2 is 1.76 bits per heavy atom. The molecule has 0 aromatic heterocycles. The number of nitrogens with one attached hydrogen (secondary N) is 1. The highest BCUT2D eigenvalue weighted by atomic mass is 79.9. The second kappa shape index (κ2) is 5.78. The van der Waals surface area contributed by atoms with Crippen LogP contribution in [0.1, 0.15) is 25.0 Å². The molecule has 5 heteroatoms. The third kappa shape index (κ3) is 2.97. The maximum absolute atomic E-state index is 6.32. The van der Waals surface area contributed by atoms with Crippen molar-refractivity contribution in [2.24, 2.45) is 4.99 Å². The van der Waals surface area contributed by atoms with Crippen LogP contribution in [0, 0.1) is 0 Å². The number of amidine groups is 1. The second-order valence-corrected chi connectivity index (χ2v) is 6.64. The van der Waals surface area contributed by atoms with Gasteiger partial charge in [-0.2, -0.15) is 0 Å². The van der Waals surface area contributed by atoms with Gasteiger partial charge in [-0.3, -0.25) is 9.70 Å². The molecule has 1 heterocycles. The van der Waals surface area contributed by atoms with E-state index in [1.54, 1.807) is 0 Å². The Hall–Kier alpha value is -1.39. The normalized spacial score (nSPS) is 15.3. The number of halogens is 3. The summed E-state index contributed by atoms with van der Waals surface area (Å²) in [5, 5.41) is 4.08. The van der Waals surface area contributed by atoms with E-state index < -0.39 is 0 Å². The summed E-state index contributed by atoms with van der Waals surface area (Å²) in [5.74, 6) is 0.850. The Bertz CT molecular complexity index is 696. The molecular formula is C16H15BrClFN2. The Morgan fingerprint density at radius 1 is 1.10 bits per heavy atom. The zero-order valence-corrected chi connectivity index (χ0v) is 14.0. The molecular weight excluding hydrogens is 355 g/mol. The Morgan fingerprint density at radius 3 is 2.43 bits per heavy atom. The quantitative estimate of drug-likeness (QED) is 0.718. The van der Waals surface area contributed by atoms with Gasteiger partial charge in [0.15, 0.2) is 0 Å². The van der Waals surface area contributed by atoms with Gasteiger partial charge in [0, 0.05) is 15.6 Å². The lowest BCUT2D eigenvalue weighted by Gasteiger charge is -2.31. The number of aliphatic imine (C=N–C) groups is 1. The van der Waals surface area contributed by atoms with Crippen molar-refractivity contribution in [3.05, 3.63) is 63.1 Å². The second-order valence-electron chi connectivity index (χ2n) is 5.31. The fraction of sp³-hybridized carbons (Fsp3) is 0.188. The Balaban J connectivity index is 0.00000161. The SMILES string of the molecule is CC1(C)N=C(c2ccc(Br)cc2)Nc2c(Cl)cccc21.F. The van der Waals surface area contributed by atoms with Gasteiger partial charge in [0.25, 0.3) is 0 Å². The van der Waals surface area contributed by atoms with Gasteiger partial charge in [-0.25, -0.2) is 0 Å². The largest absolute Gasteiger partial charge is 0.338 e. The van der Waals surface area contributed by atoms with Crippen LogP contribution in [0.2, 0.25) is 5.02 Å². The number of para-hydroxylation sites is 1. The molecule has 0 fully saturated rings. The summed E-state index contributed by atoms with van der Waals surface area (Å²) < 4.78 is 1.05. The van der Waals surface area contributed by atoms with E-state index in [0.717, 1.165) is 32.1 Å². The maximum Gasteiger partial charge on any atom is 0.133 e. The first-order valence-electron chi connectivity index (χ1n) is 6.39. The van der Waals surface area contributed by atoms with Crippen molar-refractivity contribution in [2.45, 2.75) is 19.4 Å². The van der Waals surface area contributed by atoms with Crippen LogP contribution in [0.5, 0.6) is 0 Å². The maximum atomic E-state index is 6.32. The minimum absolute atomic E-state index is 0. The molecule has 0 spiro atoms. The van der Waals surface area contributed by atoms with Gasteiger partial charge < -0.3 is 5.32 Å². The Kier molecular flexibility index (Phi) is 4.40. The van der Waals surface area contributed by atoms with Crippen LogP contribution >= 0.6 is 27.5 Å². The summed E-state index contributed by atoms with van der Waals surface area (Å²) in [7, 11) is 0. The predicted octanol–water partition coefficient (Wildman–Crippen LogP) is 5.36. The Labute approximate surface area is 136 Å². The molecule has 1 aliphatic rings. The third-order valence-electron chi connectivity index (χ3n) is 3.43. The molecule has 110 valence electrons. The molecule has 0 saturated carbocycles. The van der Waals surface area contributed by atoms with Gasteiger partial charge in [-0.15, -0.1) is 0 Å². The van der Waals surface area contributed by atoms with Gasteiger partial charge in [-0.05, 0) is 32.0 Å². The van der Waals surface area contributed by atoms with Crippen molar-refractivity contribution in [1.82, 2.24) is 0 Å². The van der Waals surface area contributed by atoms with Crippen LogP contribution in [0.4, 0.5) is 10.4 Å². The molecule has 0 aliphatic carbocycles. The van der Waals surface area contributed by atoms with Crippen molar-refractivity contribution < 1.29 is 4.70 Å². The van der Waals surface area contributed by atoms with Crippen molar-refractivity contribution in [3.8, 4) is 0 Å². The zero-order chi connectivity index (χ0) is 14.3. The van der Waals surface area contributed by atoms with Crippen molar-refractivity contribution in [3.63, 3.8) is 0 Å². The van der Waals surface area contributed by atoms with E-state index in [1.807, 2.05) is 36.4 Å². The van der Waals surface area contributed by atoms with E-state index >= 15 is 0 Å². The average Bonchev–Trinajstić information content (AvgIpc) is 2.40. The zero-order valence-electron chi connectivity index (χ0n) is 11.7. The first kappa shape index (κ1) is 16.0. The molecule has 21 heavy (non-hydrogen) atoms. The van der Waals surface area contributed by atoms with Gasteiger partial charge >= 0.3 is 0 Å². The molecule has 0 radical (unpaired) electrons. The number of hydrogen-bond acceptors (Lipinski definition) is 2. The fourth-order valence-electron chi connectivity index (χ4n) is 2.39. The summed E-state index contributed by atoms with van der Waals surface area (Å²) >= 11 is 9.77. The molecule has 1 N–H and O–H groups in total. The number of anilines is 1. The molecule has 0 bridgehead atoms. The van der Waals surface area contributed by atoms with Crippen LogP contribution in [-0.4, -0.2) is 5.84 Å². The molecule has 0 atom stereocenters. The highest BCUT2D eigenvalue weighted by Crippen LogP contribution is 2.39. The number of hydrogen-bond donors (Lipinski definition) is 1. The predicted molar refractivity (Wildman–Crippen MR) is 91.3 cm³/mol. The first-order valence-corrected chi connectivity index (χ1v) is 7.56. The third-order valence-corrected chi connectivity index (χ3v) is 4.27. The lowest BCUT2D eigenvalue weighted by Crippen LogP contribution is -2.29. The lowest BCUT2D eigenvalue weighted by molar-refractivity contribution is 0.555. The molecule has 0 saturated heterocycles. The monoisotopic (exact) mass is 368 g/mol. The highest BCUT2D eigenvalue weighted by molar-refractivity contribution is 9.10. The minimum atomic E-state index is -0.298. The van der Waals surface area contributed by atoms with E-state index in [4.69, 9.17) is 16.6 Å². The molecule has 0 unspecified atom stereocenters. The van der Waals surface area contributed by atoms with Crippen LogP contribution < -0.4 is 5.32 Å². The number of fused-ring (bicyclic) bond motifs is 1. The number of benzene rings is 2. The van der Waals surface area contributed by atoms with Gasteiger partial charge in [0.1, 0.15) is 5.84 Å². The van der Waals surface area contributed by atoms with Gasteiger partial charge in [0.05, 0.1) is 16.2 Å². The summed E-state index contributed by atoms with van der Waals surface area (Å²) in [6, 6.07) is 14.0. The minimum Gasteiger partial charge on any atom is -0.338 e. The molecule has 0 amide bonds. The average molecular weight is 370 g/mol. The van der Waals surface area contributed by atoms with Crippen molar-refractivity contribution >= 4 is 39.1 Å².